The second-order valence-corrected chi connectivity index (χ2v) is 6.49. The summed E-state index contributed by atoms with van der Waals surface area (Å²) in [6.45, 7) is 2.24. The van der Waals surface area contributed by atoms with Gasteiger partial charge in [-0.1, -0.05) is 13.0 Å². The van der Waals surface area contributed by atoms with Crippen molar-refractivity contribution < 1.29 is 23.9 Å². The van der Waals surface area contributed by atoms with E-state index in [1.165, 1.54) is 16.2 Å². The highest BCUT2D eigenvalue weighted by atomic mass is 32.1. The lowest BCUT2D eigenvalue weighted by Gasteiger charge is -2.22. The van der Waals surface area contributed by atoms with Gasteiger partial charge in [-0.25, -0.2) is 9.59 Å². The Morgan fingerprint density at radius 3 is 2.84 bits per heavy atom. The molecule has 0 radical (unpaired) electrons. The fourth-order valence-electron chi connectivity index (χ4n) is 2.47. The Labute approximate surface area is 149 Å². The molecule has 1 aromatic heterocycles. The van der Waals surface area contributed by atoms with E-state index in [0.29, 0.717) is 30.8 Å². The highest BCUT2D eigenvalue weighted by molar-refractivity contribution is 7.12. The van der Waals surface area contributed by atoms with Crippen molar-refractivity contribution in [1.29, 1.82) is 0 Å². The first-order valence-corrected chi connectivity index (χ1v) is 8.99. The van der Waals surface area contributed by atoms with Crippen LogP contribution in [-0.4, -0.2) is 54.5 Å². The smallest absolute Gasteiger partial charge is 0.329 e. The standard InChI is InChI=1S/C16H21N3O5S/c1-2-7-17-16(23)18-13(20)10-24-15(22)11-5-3-8-19(11)14(21)12-6-4-9-25-12/h4,6,9,11H,2-3,5,7-8,10H2,1H3,(H2,17,18,20,23)/t11-/m0/s1. The topological polar surface area (TPSA) is 105 Å². The number of carbonyl (C=O) groups is 4. The summed E-state index contributed by atoms with van der Waals surface area (Å²) < 4.78 is 4.97. The molecule has 0 spiro atoms. The molecular weight excluding hydrogens is 346 g/mol. The molecule has 8 nitrogen and oxygen atoms in total. The second-order valence-electron chi connectivity index (χ2n) is 5.55. The molecule has 25 heavy (non-hydrogen) atoms. The molecule has 2 rings (SSSR count). The number of thiophene rings is 1. The largest absolute Gasteiger partial charge is 0.454 e. The zero-order chi connectivity index (χ0) is 18.2. The van der Waals surface area contributed by atoms with Crippen molar-refractivity contribution in [3.63, 3.8) is 0 Å². The number of amides is 4. The normalized spacial score (nSPS) is 16.4. The van der Waals surface area contributed by atoms with E-state index in [0.717, 1.165) is 6.42 Å². The van der Waals surface area contributed by atoms with Gasteiger partial charge in [-0.2, -0.15) is 0 Å². The van der Waals surface area contributed by atoms with Crippen LogP contribution in [0, 0.1) is 0 Å². The van der Waals surface area contributed by atoms with Gasteiger partial charge in [0, 0.05) is 13.1 Å². The molecule has 0 saturated carbocycles. The molecule has 9 heteroatoms. The number of hydrogen-bond donors (Lipinski definition) is 2. The third kappa shape index (κ3) is 5.28. The first kappa shape index (κ1) is 18.9. The maximum Gasteiger partial charge on any atom is 0.329 e. The van der Waals surface area contributed by atoms with Gasteiger partial charge in [-0.15, -0.1) is 11.3 Å². The van der Waals surface area contributed by atoms with Gasteiger partial charge in [-0.3, -0.25) is 14.9 Å². The minimum atomic E-state index is -0.712. The summed E-state index contributed by atoms with van der Waals surface area (Å²) in [6.07, 6.45) is 1.93. The Kier molecular flexibility index (Phi) is 6.93. The lowest BCUT2D eigenvalue weighted by molar-refractivity contribution is -0.152. The average molecular weight is 367 g/mol. The molecule has 0 unspecified atom stereocenters. The number of nitrogens with one attached hydrogen (secondary N) is 2. The van der Waals surface area contributed by atoms with Crippen LogP contribution in [0.2, 0.25) is 0 Å². The fraction of sp³-hybridized carbons (Fsp3) is 0.500. The van der Waals surface area contributed by atoms with Crippen molar-refractivity contribution in [3.05, 3.63) is 22.4 Å². The van der Waals surface area contributed by atoms with Crippen molar-refractivity contribution >= 4 is 35.2 Å². The minimum Gasteiger partial charge on any atom is -0.454 e. The molecule has 1 atom stereocenters. The molecular formula is C16H21N3O5S. The molecule has 2 heterocycles. The predicted molar refractivity (Wildman–Crippen MR) is 91.2 cm³/mol. The Morgan fingerprint density at radius 2 is 2.16 bits per heavy atom. The summed E-state index contributed by atoms with van der Waals surface area (Å²) in [5.74, 6) is -1.56. The van der Waals surface area contributed by atoms with Gasteiger partial charge in [-0.05, 0) is 30.7 Å². The predicted octanol–water partition coefficient (Wildman–Crippen LogP) is 1.13. The molecule has 136 valence electrons. The van der Waals surface area contributed by atoms with Gasteiger partial charge < -0.3 is 15.0 Å². The Bertz CT molecular complexity index is 632. The number of imide groups is 1. The van der Waals surface area contributed by atoms with Crippen molar-refractivity contribution in [3.8, 4) is 0 Å². The Balaban J connectivity index is 1.82. The van der Waals surface area contributed by atoms with Crippen LogP contribution in [0.4, 0.5) is 4.79 Å². The zero-order valence-electron chi connectivity index (χ0n) is 13.9. The fourth-order valence-corrected chi connectivity index (χ4v) is 3.15. The summed E-state index contributed by atoms with van der Waals surface area (Å²) in [7, 11) is 0. The van der Waals surface area contributed by atoms with E-state index in [9.17, 15) is 19.2 Å². The third-order valence-electron chi connectivity index (χ3n) is 3.65. The van der Waals surface area contributed by atoms with Crippen LogP contribution < -0.4 is 10.6 Å². The summed E-state index contributed by atoms with van der Waals surface area (Å²) in [5.41, 5.74) is 0. The summed E-state index contributed by atoms with van der Waals surface area (Å²) in [6, 6.07) is 2.15. The molecule has 0 bridgehead atoms. The average Bonchev–Trinajstić information content (AvgIpc) is 3.28. The number of likely N-dealkylation sites (tertiary alicyclic amines) is 1. The number of ether oxygens (including phenoxy) is 1. The molecule has 1 aliphatic heterocycles. The first-order valence-electron chi connectivity index (χ1n) is 8.11. The molecule has 2 N–H and O–H groups in total. The zero-order valence-corrected chi connectivity index (χ0v) is 14.8. The molecule has 1 aliphatic rings. The van der Waals surface area contributed by atoms with Gasteiger partial charge in [0.15, 0.2) is 6.61 Å². The minimum absolute atomic E-state index is 0.210. The molecule has 4 amide bonds. The van der Waals surface area contributed by atoms with Crippen LogP contribution in [0.25, 0.3) is 0 Å². The lowest BCUT2D eigenvalue weighted by atomic mass is 10.2. The van der Waals surface area contributed by atoms with E-state index in [-0.39, 0.29) is 5.91 Å². The number of nitrogens with zero attached hydrogens (tertiary/aromatic N) is 1. The van der Waals surface area contributed by atoms with E-state index >= 15 is 0 Å². The third-order valence-corrected chi connectivity index (χ3v) is 4.51. The van der Waals surface area contributed by atoms with Crippen molar-refractivity contribution in [2.24, 2.45) is 0 Å². The Morgan fingerprint density at radius 1 is 1.36 bits per heavy atom. The van der Waals surface area contributed by atoms with E-state index in [2.05, 4.69) is 10.6 Å². The summed E-state index contributed by atoms with van der Waals surface area (Å²) in [4.78, 5) is 49.6. The number of carbonyl (C=O) groups excluding carboxylic acids is 4. The van der Waals surface area contributed by atoms with Gasteiger partial charge in [0.1, 0.15) is 6.04 Å². The van der Waals surface area contributed by atoms with Crippen molar-refractivity contribution in [2.45, 2.75) is 32.2 Å². The second kappa shape index (κ2) is 9.16. The highest BCUT2D eigenvalue weighted by Gasteiger charge is 2.36. The van der Waals surface area contributed by atoms with Crippen molar-refractivity contribution in [2.75, 3.05) is 19.7 Å². The van der Waals surface area contributed by atoms with E-state index in [4.69, 9.17) is 4.74 Å². The van der Waals surface area contributed by atoms with E-state index in [1.807, 2.05) is 6.92 Å². The van der Waals surface area contributed by atoms with Gasteiger partial charge in [0.2, 0.25) is 0 Å². The van der Waals surface area contributed by atoms with Crippen LogP contribution in [0.5, 0.6) is 0 Å². The lowest BCUT2D eigenvalue weighted by Crippen LogP contribution is -2.44. The van der Waals surface area contributed by atoms with Crippen LogP contribution in [0.1, 0.15) is 35.9 Å². The quantitative estimate of drug-likeness (QED) is 0.734. The Hall–Kier alpha value is -2.42. The number of esters is 1. The highest BCUT2D eigenvalue weighted by Crippen LogP contribution is 2.23. The van der Waals surface area contributed by atoms with Crippen LogP contribution in [-0.2, 0) is 14.3 Å². The molecule has 1 saturated heterocycles. The van der Waals surface area contributed by atoms with Gasteiger partial charge >= 0.3 is 12.0 Å². The van der Waals surface area contributed by atoms with Gasteiger partial charge in [0.05, 0.1) is 4.88 Å². The first-order chi connectivity index (χ1) is 12.0. The van der Waals surface area contributed by atoms with Crippen LogP contribution in [0.15, 0.2) is 17.5 Å². The van der Waals surface area contributed by atoms with E-state index in [1.54, 1.807) is 17.5 Å². The molecule has 0 aromatic carbocycles. The monoisotopic (exact) mass is 367 g/mol. The van der Waals surface area contributed by atoms with Crippen LogP contribution in [0.3, 0.4) is 0 Å². The maximum absolute atomic E-state index is 12.4. The number of hydrogen-bond acceptors (Lipinski definition) is 6. The van der Waals surface area contributed by atoms with E-state index < -0.39 is 30.6 Å². The number of rotatable bonds is 6. The summed E-state index contributed by atoms with van der Waals surface area (Å²) in [5, 5.41) is 6.35. The molecule has 1 aromatic rings. The SMILES string of the molecule is CCCNC(=O)NC(=O)COC(=O)[C@@H]1CCCN1C(=O)c1cccs1. The van der Waals surface area contributed by atoms with Crippen LogP contribution >= 0.6 is 11.3 Å². The summed E-state index contributed by atoms with van der Waals surface area (Å²) >= 11 is 1.31. The molecule has 1 fully saturated rings. The number of urea groups is 1. The molecule has 0 aliphatic carbocycles. The van der Waals surface area contributed by atoms with Gasteiger partial charge in [0.25, 0.3) is 11.8 Å². The van der Waals surface area contributed by atoms with Crippen molar-refractivity contribution in [1.82, 2.24) is 15.5 Å². The maximum atomic E-state index is 12.4.